The highest BCUT2D eigenvalue weighted by atomic mass is 16.5. The Labute approximate surface area is 498 Å². The van der Waals surface area contributed by atoms with E-state index in [1.807, 2.05) is 87.5 Å². The standard InChI is InChI=1S/C39H49N3O5.C33H36N2O2/c1-26(2)46-37(44)35(21-28-14-11-10-12-15-28)42-25-34(40-41-42)33-18-17-31(20-27(33)3)47-36(43)16-13-19-45-32-23-29(38(4,5)6)22-30(24-32)39(7,8)9;1-2-4-6-25-37-30-22-18-27(19-23-30)31-13-9-15-33(35-31)32-14-8-12-28(34-32)11-7-10-26-16-20-29(21-17-26)36-24-5-3-1/h10-12,14-15,17-18,20,22-26,35H,13,16,19,21H2,1-9H3;8-9,12-23H,1-7,10-11,24-25H2/t35-;/m0./s1. The van der Waals surface area contributed by atoms with Gasteiger partial charge in [0, 0.05) is 29.7 Å². The maximum Gasteiger partial charge on any atom is 0.331 e. The summed E-state index contributed by atoms with van der Waals surface area (Å²) in [6.07, 6.45) is 12.8. The molecule has 0 spiro atoms. The number of aromatic nitrogens is 5. The second kappa shape index (κ2) is 29.9. The Morgan fingerprint density at radius 3 is 1.87 bits per heavy atom. The Bertz CT molecular complexity index is 3330. The van der Waals surface area contributed by atoms with Gasteiger partial charge in [0.05, 0.1) is 49.2 Å². The molecule has 4 aliphatic rings. The molecular formula is C72H85N5O7. The zero-order valence-electron chi connectivity index (χ0n) is 50.9. The Hall–Kier alpha value is -8.12. The first kappa shape index (κ1) is 61.9. The van der Waals surface area contributed by atoms with Gasteiger partial charge in [-0.15, -0.1) is 5.10 Å². The molecule has 0 saturated heterocycles. The Kier molecular flexibility index (Phi) is 22.1. The number of esters is 2. The highest BCUT2D eigenvalue weighted by Crippen LogP contribution is 2.34. The molecule has 0 saturated carbocycles. The number of aryl methyl sites for hydroxylation is 3. The first-order valence-corrected chi connectivity index (χ1v) is 30.1. The summed E-state index contributed by atoms with van der Waals surface area (Å²) in [7, 11) is 0. The molecule has 0 radical (unpaired) electrons. The summed E-state index contributed by atoms with van der Waals surface area (Å²) in [5.41, 5.74) is 12.0. The van der Waals surface area contributed by atoms with Gasteiger partial charge in [0.2, 0.25) is 0 Å². The minimum absolute atomic E-state index is 0.000349. The number of rotatable bonds is 12. The monoisotopic (exact) mass is 1130 g/mol. The minimum atomic E-state index is -0.659. The van der Waals surface area contributed by atoms with Crippen LogP contribution < -0.4 is 18.9 Å². The van der Waals surface area contributed by atoms with Gasteiger partial charge in [-0.2, -0.15) is 0 Å². The van der Waals surface area contributed by atoms with Crippen LogP contribution in [0.25, 0.3) is 33.9 Å². The molecule has 12 heteroatoms. The molecule has 0 unspecified atom stereocenters. The molecule has 5 aromatic carbocycles. The van der Waals surface area contributed by atoms with E-state index < -0.39 is 6.04 Å². The van der Waals surface area contributed by atoms with Crippen LogP contribution in [0.1, 0.15) is 153 Å². The smallest absolute Gasteiger partial charge is 0.331 e. The first-order valence-electron chi connectivity index (χ1n) is 30.1. The van der Waals surface area contributed by atoms with Crippen LogP contribution in [0.5, 0.6) is 23.0 Å². The fourth-order valence-corrected chi connectivity index (χ4v) is 9.85. The predicted molar refractivity (Wildman–Crippen MR) is 335 cm³/mol. The van der Waals surface area contributed by atoms with E-state index in [2.05, 4.69) is 131 Å². The zero-order valence-corrected chi connectivity index (χ0v) is 50.9. The van der Waals surface area contributed by atoms with E-state index in [0.717, 1.165) is 108 Å². The van der Waals surface area contributed by atoms with Crippen molar-refractivity contribution in [3.8, 4) is 56.9 Å². The molecule has 0 aliphatic carbocycles. The molecule has 7 heterocycles. The molecule has 1 atom stereocenters. The number of ether oxygens (including phenoxy) is 5. The SMILES string of the molecule is Cc1cc(OC(=O)CCCOc2cc(C(C)(C)C)cc(C(C)(C)C)c2)ccc1-c1cn([C@@H](Cc2ccccc2)C(=O)OC(C)C)nn1.c1cc2nc(c1)-c1cccc(n1)-c1ccc(cc1)OCCCCCCCCOc1ccc(cc1)CCC2. The second-order valence-electron chi connectivity index (χ2n) is 24.2. The fraction of sp³-hybridized carbons (Fsp3) is 0.389. The van der Waals surface area contributed by atoms with E-state index in [9.17, 15) is 9.59 Å². The van der Waals surface area contributed by atoms with Crippen molar-refractivity contribution in [3.05, 3.63) is 191 Å². The Balaban J connectivity index is 0.000000225. The molecule has 8 aromatic rings. The third kappa shape index (κ3) is 19.0. The van der Waals surface area contributed by atoms with Crippen molar-refractivity contribution >= 4 is 11.9 Å². The van der Waals surface area contributed by atoms with Crippen LogP contribution in [-0.4, -0.2) is 62.8 Å². The highest BCUT2D eigenvalue weighted by molar-refractivity contribution is 5.75. The first-order chi connectivity index (χ1) is 40.4. The minimum Gasteiger partial charge on any atom is -0.494 e. The van der Waals surface area contributed by atoms with Gasteiger partial charge in [0.1, 0.15) is 28.7 Å². The zero-order chi connectivity index (χ0) is 59.5. The summed E-state index contributed by atoms with van der Waals surface area (Å²) < 4.78 is 30.8. The third-order valence-electron chi connectivity index (χ3n) is 14.7. The number of nitrogens with zero attached hydrogens (tertiary/aromatic N) is 5. The molecule has 440 valence electrons. The van der Waals surface area contributed by atoms with E-state index in [4.69, 9.17) is 33.7 Å². The second-order valence-corrected chi connectivity index (χ2v) is 24.2. The normalized spacial score (nSPS) is 13.8. The summed E-state index contributed by atoms with van der Waals surface area (Å²) in [6.45, 7) is 20.7. The van der Waals surface area contributed by atoms with Gasteiger partial charge >= 0.3 is 11.9 Å². The van der Waals surface area contributed by atoms with Gasteiger partial charge < -0.3 is 23.7 Å². The number of carbonyl (C=O) groups excluding carboxylic acids is 2. The molecule has 12 nitrogen and oxygen atoms in total. The molecule has 84 heavy (non-hydrogen) atoms. The van der Waals surface area contributed by atoms with Crippen molar-refractivity contribution in [2.75, 3.05) is 19.8 Å². The van der Waals surface area contributed by atoms with Gasteiger partial charge in [0.15, 0.2) is 6.04 Å². The lowest BCUT2D eigenvalue weighted by Crippen LogP contribution is -2.26. The van der Waals surface area contributed by atoms with Gasteiger partial charge in [-0.3, -0.25) is 9.78 Å². The largest absolute Gasteiger partial charge is 0.494 e. The van der Waals surface area contributed by atoms with E-state index in [0.29, 0.717) is 30.9 Å². The summed E-state index contributed by atoms with van der Waals surface area (Å²) in [6, 6.07) is 50.2. The maximum atomic E-state index is 13.0. The molecule has 3 aromatic heterocycles. The third-order valence-corrected chi connectivity index (χ3v) is 14.7. The lowest BCUT2D eigenvalue weighted by molar-refractivity contribution is -0.151. The van der Waals surface area contributed by atoms with Gasteiger partial charge in [-0.05, 0) is 189 Å². The summed E-state index contributed by atoms with van der Waals surface area (Å²) in [5.74, 6) is 2.48. The Morgan fingerprint density at radius 2 is 1.23 bits per heavy atom. The molecular weight excluding hydrogens is 1050 g/mol. The van der Waals surface area contributed by atoms with Gasteiger partial charge in [0.25, 0.3) is 0 Å². The molecule has 12 rings (SSSR count). The van der Waals surface area contributed by atoms with Crippen molar-refractivity contribution in [3.63, 3.8) is 0 Å². The van der Waals surface area contributed by atoms with Crippen molar-refractivity contribution in [1.29, 1.82) is 0 Å². The summed E-state index contributed by atoms with van der Waals surface area (Å²) in [5, 5.41) is 8.65. The maximum absolute atomic E-state index is 13.0. The molecule has 0 amide bonds. The fourth-order valence-electron chi connectivity index (χ4n) is 9.85. The number of carbonyl (C=O) groups is 2. The van der Waals surface area contributed by atoms with Crippen LogP contribution in [0, 0.1) is 6.92 Å². The van der Waals surface area contributed by atoms with Crippen molar-refractivity contribution in [2.45, 2.75) is 162 Å². The highest BCUT2D eigenvalue weighted by Gasteiger charge is 2.26. The Morgan fingerprint density at radius 1 is 0.607 bits per heavy atom. The van der Waals surface area contributed by atoms with E-state index in [1.54, 1.807) is 16.9 Å². The lowest BCUT2D eigenvalue weighted by Gasteiger charge is -2.26. The quantitative estimate of drug-likeness (QED) is 0.0657. The van der Waals surface area contributed by atoms with Crippen molar-refractivity contribution in [2.24, 2.45) is 0 Å². The number of hydrogen-bond acceptors (Lipinski definition) is 11. The lowest BCUT2D eigenvalue weighted by atomic mass is 9.80. The van der Waals surface area contributed by atoms with E-state index in [1.165, 1.54) is 42.4 Å². The van der Waals surface area contributed by atoms with Crippen LogP contribution in [-0.2, 0) is 44.4 Å². The molecule has 8 bridgehead atoms. The number of pyridine rings is 2. The van der Waals surface area contributed by atoms with E-state index in [-0.39, 0.29) is 35.3 Å². The van der Waals surface area contributed by atoms with Crippen molar-refractivity contribution < 1.29 is 33.3 Å². The predicted octanol–water partition coefficient (Wildman–Crippen LogP) is 16.4. The van der Waals surface area contributed by atoms with Crippen LogP contribution in [0.2, 0.25) is 0 Å². The molecule has 0 N–H and O–H groups in total. The molecule has 0 fully saturated rings. The average Bonchev–Trinajstić information content (AvgIpc) is 4.08. The van der Waals surface area contributed by atoms with Gasteiger partial charge in [-0.1, -0.05) is 133 Å². The summed E-state index contributed by atoms with van der Waals surface area (Å²) >= 11 is 0. The number of hydrogen-bond donors (Lipinski definition) is 0. The van der Waals surface area contributed by atoms with Crippen LogP contribution >= 0.6 is 0 Å². The van der Waals surface area contributed by atoms with Crippen LogP contribution in [0.4, 0.5) is 0 Å². The van der Waals surface area contributed by atoms with Crippen molar-refractivity contribution in [1.82, 2.24) is 25.0 Å². The van der Waals surface area contributed by atoms with Gasteiger partial charge in [-0.25, -0.2) is 14.5 Å². The topological polar surface area (TPSA) is 137 Å². The van der Waals surface area contributed by atoms with E-state index >= 15 is 0 Å². The number of benzene rings is 5. The van der Waals surface area contributed by atoms with Crippen LogP contribution in [0.15, 0.2) is 158 Å². The van der Waals surface area contributed by atoms with Crippen LogP contribution in [0.3, 0.4) is 0 Å². The summed E-state index contributed by atoms with van der Waals surface area (Å²) in [4.78, 5) is 35.5. The molecule has 4 aliphatic heterocycles. The average molecular weight is 1130 g/mol.